The first-order valence-electron chi connectivity index (χ1n) is 13.9. The summed E-state index contributed by atoms with van der Waals surface area (Å²) in [5, 5.41) is 9.94. The first-order valence-corrected chi connectivity index (χ1v) is 16.2. The number of carbonyl (C=O) groups is 1. The molecule has 1 aliphatic rings. The highest BCUT2D eigenvalue weighted by atomic mass is 79.9. The first-order chi connectivity index (χ1) is 21.3. The van der Waals surface area contributed by atoms with Gasteiger partial charge in [-0.05, 0) is 59.7 Å². The number of carbonyl (C=O) groups excluding carboxylic acids is 1. The van der Waals surface area contributed by atoms with Gasteiger partial charge < -0.3 is 14.6 Å². The molecular formula is C33H29Br2Cl2N3O4. The Morgan fingerprint density at radius 1 is 0.955 bits per heavy atom. The highest BCUT2D eigenvalue weighted by Crippen LogP contribution is 2.45. The van der Waals surface area contributed by atoms with Gasteiger partial charge in [-0.3, -0.25) is 10.2 Å². The van der Waals surface area contributed by atoms with Crippen LogP contribution >= 0.6 is 55.1 Å². The van der Waals surface area contributed by atoms with Gasteiger partial charge in [-0.25, -0.2) is 10.4 Å². The molecule has 44 heavy (non-hydrogen) atoms. The number of hydrazine groups is 1. The fourth-order valence-corrected chi connectivity index (χ4v) is 6.10. The van der Waals surface area contributed by atoms with E-state index in [0.29, 0.717) is 46.8 Å². The second-order valence-corrected chi connectivity index (χ2v) is 12.7. The summed E-state index contributed by atoms with van der Waals surface area (Å²) in [4.78, 5) is 19.5. The smallest absolute Gasteiger partial charge is 0.266 e. The lowest BCUT2D eigenvalue weighted by Crippen LogP contribution is -2.53. The summed E-state index contributed by atoms with van der Waals surface area (Å²) in [5.74, 6) is 0.624. The van der Waals surface area contributed by atoms with Crippen LogP contribution in [-0.2, 0) is 22.5 Å². The van der Waals surface area contributed by atoms with Crippen molar-refractivity contribution in [1.29, 1.82) is 0 Å². The van der Waals surface area contributed by atoms with Crippen LogP contribution in [0.5, 0.6) is 5.75 Å². The number of nitrogens with one attached hydrogen (secondary N) is 2. The molecular weight excluding hydrogens is 733 g/mol. The fraction of sp³-hybridized carbons (Fsp3) is 0.212. The molecule has 228 valence electrons. The number of hydrogen-bond donors (Lipinski definition) is 3. The van der Waals surface area contributed by atoms with Gasteiger partial charge in [0.2, 0.25) is 5.90 Å². The number of halogens is 4. The number of aliphatic imine (C=N–C) groups is 1. The molecule has 1 heterocycles. The summed E-state index contributed by atoms with van der Waals surface area (Å²) in [5.41, 5.74) is 7.75. The van der Waals surface area contributed by atoms with E-state index in [0.717, 1.165) is 25.6 Å². The summed E-state index contributed by atoms with van der Waals surface area (Å²) in [6.07, 6.45) is 0.0104. The van der Waals surface area contributed by atoms with Gasteiger partial charge in [0.15, 0.2) is 11.6 Å². The van der Waals surface area contributed by atoms with E-state index in [1.165, 1.54) is 0 Å². The number of rotatable bonds is 12. The second-order valence-electron chi connectivity index (χ2n) is 10.1. The molecule has 0 spiro atoms. The third kappa shape index (κ3) is 7.47. The Kier molecular flexibility index (Phi) is 11.0. The van der Waals surface area contributed by atoms with Crippen LogP contribution in [0.25, 0.3) is 0 Å². The molecule has 1 amide bonds. The van der Waals surface area contributed by atoms with Crippen molar-refractivity contribution in [2.45, 2.75) is 31.0 Å². The summed E-state index contributed by atoms with van der Waals surface area (Å²) in [6.45, 7) is 0.771. The van der Waals surface area contributed by atoms with E-state index in [9.17, 15) is 4.79 Å². The predicted octanol–water partition coefficient (Wildman–Crippen LogP) is 7.60. The van der Waals surface area contributed by atoms with Gasteiger partial charge in [-0.2, -0.15) is 0 Å². The van der Waals surface area contributed by atoms with Gasteiger partial charge in [-0.1, -0.05) is 97.5 Å². The van der Waals surface area contributed by atoms with E-state index < -0.39 is 11.6 Å². The van der Waals surface area contributed by atoms with Gasteiger partial charge in [0.05, 0.1) is 16.7 Å². The number of hydrogen-bond acceptors (Lipinski definition) is 6. The average molecular weight is 762 g/mol. The number of aliphatic hydroxyl groups is 1. The quantitative estimate of drug-likeness (QED) is 0.102. The monoisotopic (exact) mass is 759 g/mol. The van der Waals surface area contributed by atoms with E-state index in [1.54, 1.807) is 12.1 Å². The molecule has 11 heteroatoms. The Labute approximate surface area is 282 Å². The number of nitrogens with zero attached hydrogens (tertiary/aromatic N) is 1. The molecule has 0 saturated heterocycles. The maximum Gasteiger partial charge on any atom is 0.266 e. The van der Waals surface area contributed by atoms with Crippen molar-refractivity contribution in [2.75, 3.05) is 13.2 Å². The van der Waals surface area contributed by atoms with Crippen molar-refractivity contribution >= 4 is 66.9 Å². The number of aliphatic hydroxyl groups excluding tert-OH is 1. The van der Waals surface area contributed by atoms with Crippen molar-refractivity contribution < 1.29 is 19.4 Å². The lowest BCUT2D eigenvalue weighted by atomic mass is 9.82. The van der Waals surface area contributed by atoms with E-state index in [1.807, 2.05) is 78.9 Å². The summed E-state index contributed by atoms with van der Waals surface area (Å²) < 4.78 is 14.0. The van der Waals surface area contributed by atoms with Crippen molar-refractivity contribution in [3.8, 4) is 5.75 Å². The van der Waals surface area contributed by atoms with Crippen molar-refractivity contribution in [3.63, 3.8) is 0 Å². The molecule has 0 aromatic heterocycles. The highest BCUT2D eigenvalue weighted by molar-refractivity contribution is 9.10. The molecule has 0 aliphatic carbocycles. The van der Waals surface area contributed by atoms with Crippen LogP contribution in [0.1, 0.15) is 34.8 Å². The lowest BCUT2D eigenvalue weighted by molar-refractivity contribution is -0.130. The summed E-state index contributed by atoms with van der Waals surface area (Å²) in [7, 11) is 0. The molecule has 3 N–H and O–H groups in total. The Bertz CT molecular complexity index is 1650. The van der Waals surface area contributed by atoms with Crippen molar-refractivity contribution in [2.24, 2.45) is 4.99 Å². The maximum atomic E-state index is 14.4. The Morgan fingerprint density at radius 2 is 1.68 bits per heavy atom. The highest BCUT2D eigenvalue weighted by Gasteiger charge is 2.54. The molecule has 7 nitrogen and oxygen atoms in total. The van der Waals surface area contributed by atoms with Gasteiger partial charge in [0, 0.05) is 46.1 Å². The molecule has 4 aromatic rings. The predicted molar refractivity (Wildman–Crippen MR) is 180 cm³/mol. The van der Waals surface area contributed by atoms with Crippen LogP contribution in [-0.4, -0.2) is 35.7 Å². The number of amides is 1. The fourth-order valence-electron chi connectivity index (χ4n) is 4.86. The Morgan fingerprint density at radius 3 is 2.39 bits per heavy atom. The Balaban J connectivity index is 1.52. The standard InChI is InChI=1S/C33H29Br2Cl2N3O4/c34-26-8-3-1-6-23(26)19-33(32(42)40-38-20-21-10-15-28(36)29(37)18-21)30(25-7-2-4-9-27(25)35)44-31(39-33)22-11-13-24(14-12-22)43-17-5-16-41/h1-4,6-15,18,30,38,41H,5,16-17,19-20H2,(H,40,42)/t30-,33-/m0/s1. The van der Waals surface area contributed by atoms with E-state index in [-0.39, 0.29) is 18.9 Å². The van der Waals surface area contributed by atoms with Gasteiger partial charge in [0.25, 0.3) is 5.91 Å². The molecule has 1 aliphatic heterocycles. The van der Waals surface area contributed by atoms with Gasteiger partial charge >= 0.3 is 0 Å². The van der Waals surface area contributed by atoms with Crippen LogP contribution in [0.3, 0.4) is 0 Å². The minimum atomic E-state index is -1.40. The molecule has 4 aromatic carbocycles. The Hall–Kier alpha value is -2.92. The third-order valence-corrected chi connectivity index (χ3v) is 9.35. The minimum absolute atomic E-state index is 0.0587. The van der Waals surface area contributed by atoms with Crippen LogP contribution in [0.4, 0.5) is 0 Å². The molecule has 0 radical (unpaired) electrons. The molecule has 2 atom stereocenters. The third-order valence-electron chi connectivity index (χ3n) is 7.11. The largest absolute Gasteiger partial charge is 0.494 e. The normalized spacial score (nSPS) is 17.6. The number of ether oxygens (including phenoxy) is 2. The lowest BCUT2D eigenvalue weighted by Gasteiger charge is -2.31. The second kappa shape index (κ2) is 14.9. The van der Waals surface area contributed by atoms with Gasteiger partial charge in [-0.15, -0.1) is 0 Å². The average Bonchev–Trinajstić information content (AvgIpc) is 3.41. The minimum Gasteiger partial charge on any atom is -0.494 e. The number of benzene rings is 4. The van der Waals surface area contributed by atoms with E-state index in [2.05, 4.69) is 42.7 Å². The van der Waals surface area contributed by atoms with Crippen LogP contribution in [0.2, 0.25) is 10.0 Å². The SMILES string of the molecule is O=C(NNCc1ccc(Cl)c(Cl)c1)[C@@]1(Cc2ccccc2Br)N=C(c2ccc(OCCCO)cc2)O[C@H]1c1ccccc1Br. The van der Waals surface area contributed by atoms with Gasteiger partial charge in [0.1, 0.15) is 5.75 Å². The summed E-state index contributed by atoms with van der Waals surface area (Å²) >= 11 is 19.6. The van der Waals surface area contributed by atoms with Crippen molar-refractivity contribution in [1.82, 2.24) is 10.9 Å². The van der Waals surface area contributed by atoms with Crippen LogP contribution in [0, 0.1) is 0 Å². The zero-order valence-corrected chi connectivity index (χ0v) is 28.1. The van der Waals surface area contributed by atoms with E-state index >= 15 is 0 Å². The summed E-state index contributed by atoms with van der Waals surface area (Å²) in [6, 6.07) is 28.0. The molecule has 0 unspecified atom stereocenters. The van der Waals surface area contributed by atoms with E-state index in [4.69, 9.17) is 42.8 Å². The zero-order valence-electron chi connectivity index (χ0n) is 23.4. The van der Waals surface area contributed by atoms with Crippen LogP contribution in [0.15, 0.2) is 105 Å². The topological polar surface area (TPSA) is 92.2 Å². The van der Waals surface area contributed by atoms with Crippen molar-refractivity contribution in [3.05, 3.63) is 132 Å². The zero-order chi connectivity index (χ0) is 31.1. The maximum absolute atomic E-state index is 14.4. The molecule has 0 fully saturated rings. The molecule has 0 saturated carbocycles. The molecule has 5 rings (SSSR count). The van der Waals surface area contributed by atoms with Crippen LogP contribution < -0.4 is 15.6 Å². The first kappa shape index (κ1) is 32.5. The molecule has 0 bridgehead atoms.